The Morgan fingerprint density at radius 1 is 0.903 bits per heavy atom. The van der Waals surface area contributed by atoms with E-state index in [1.165, 1.54) is 12.8 Å². The van der Waals surface area contributed by atoms with E-state index in [0.29, 0.717) is 22.6 Å². The van der Waals surface area contributed by atoms with Gasteiger partial charge in [-0.15, -0.1) is 0 Å². The molecule has 0 aliphatic carbocycles. The Labute approximate surface area is 189 Å². The topological polar surface area (TPSA) is 70.7 Å². The Balaban J connectivity index is 1.53. The minimum atomic E-state index is -0.304. The Bertz CT molecular complexity index is 903. The first kappa shape index (κ1) is 22.7. The minimum absolute atomic E-state index is 0.0641. The molecule has 0 unspecified atom stereocenters. The maximum absolute atomic E-state index is 12.7. The molecule has 2 aromatic rings. The molecule has 0 saturated carbocycles. The van der Waals surface area contributed by atoms with Crippen LogP contribution in [0.25, 0.3) is 0 Å². The van der Waals surface area contributed by atoms with Crippen LogP contribution in [0.2, 0.25) is 0 Å². The Hall–Kier alpha value is -2.93. The van der Waals surface area contributed by atoms with Crippen LogP contribution in [0.3, 0.4) is 0 Å². The average molecular weight is 440 g/mol. The molecule has 1 saturated heterocycles. The molecule has 0 spiro atoms. The second-order valence-electron chi connectivity index (χ2n) is 7.88. The summed E-state index contributed by atoms with van der Waals surface area (Å²) in [5.74, 6) is 0.470. The molecule has 1 aliphatic heterocycles. The van der Waals surface area contributed by atoms with E-state index < -0.39 is 0 Å². The van der Waals surface area contributed by atoms with E-state index in [1.807, 2.05) is 18.7 Å². The SMILES string of the molecule is CC(C)Oc1ccc(C(=O)NC(=S)Nc2ccc(C(=O)N3CCCCCC3)cc2)cc1. The highest BCUT2D eigenvalue weighted by Crippen LogP contribution is 2.16. The second-order valence-corrected chi connectivity index (χ2v) is 8.29. The van der Waals surface area contributed by atoms with Gasteiger partial charge in [0.25, 0.3) is 11.8 Å². The average Bonchev–Trinajstić information content (AvgIpc) is 3.03. The van der Waals surface area contributed by atoms with Gasteiger partial charge in [0.2, 0.25) is 0 Å². The lowest BCUT2D eigenvalue weighted by molar-refractivity contribution is 0.0761. The fraction of sp³-hybridized carbons (Fsp3) is 0.375. The van der Waals surface area contributed by atoms with Gasteiger partial charge in [-0.05, 0) is 87.4 Å². The Kier molecular flexibility index (Phi) is 8.00. The van der Waals surface area contributed by atoms with Gasteiger partial charge < -0.3 is 15.0 Å². The number of benzene rings is 2. The number of amides is 2. The fourth-order valence-corrected chi connectivity index (χ4v) is 3.66. The number of rotatable bonds is 5. The van der Waals surface area contributed by atoms with E-state index in [1.54, 1.807) is 48.5 Å². The lowest BCUT2D eigenvalue weighted by Crippen LogP contribution is -2.34. The predicted octanol–water partition coefficient (Wildman–Crippen LogP) is 4.62. The van der Waals surface area contributed by atoms with Gasteiger partial charge in [-0.2, -0.15) is 0 Å². The lowest BCUT2D eigenvalue weighted by Gasteiger charge is -2.20. The van der Waals surface area contributed by atoms with Gasteiger partial charge in [-0.25, -0.2) is 0 Å². The molecule has 7 heteroatoms. The van der Waals surface area contributed by atoms with Crippen LogP contribution in [0.15, 0.2) is 48.5 Å². The van der Waals surface area contributed by atoms with Crippen molar-refractivity contribution in [3.05, 3.63) is 59.7 Å². The van der Waals surface area contributed by atoms with Gasteiger partial charge in [-0.1, -0.05) is 12.8 Å². The summed E-state index contributed by atoms with van der Waals surface area (Å²) in [5, 5.41) is 5.85. The summed E-state index contributed by atoms with van der Waals surface area (Å²) < 4.78 is 5.58. The first-order chi connectivity index (χ1) is 14.9. The van der Waals surface area contributed by atoms with Crippen molar-refractivity contribution >= 4 is 34.8 Å². The van der Waals surface area contributed by atoms with Crippen molar-refractivity contribution in [3.63, 3.8) is 0 Å². The van der Waals surface area contributed by atoms with Crippen LogP contribution in [-0.4, -0.2) is 41.0 Å². The third kappa shape index (κ3) is 6.79. The molecule has 6 nitrogen and oxygen atoms in total. The molecule has 3 rings (SSSR count). The van der Waals surface area contributed by atoms with Gasteiger partial charge in [0, 0.05) is 29.9 Å². The van der Waals surface area contributed by atoms with E-state index in [2.05, 4.69) is 10.6 Å². The van der Waals surface area contributed by atoms with Gasteiger partial charge in [0.1, 0.15) is 5.75 Å². The van der Waals surface area contributed by atoms with Crippen LogP contribution < -0.4 is 15.4 Å². The van der Waals surface area contributed by atoms with E-state index in [0.717, 1.165) is 25.9 Å². The van der Waals surface area contributed by atoms with E-state index in [9.17, 15) is 9.59 Å². The molecule has 1 fully saturated rings. The summed E-state index contributed by atoms with van der Waals surface area (Å²) in [6, 6.07) is 14.1. The van der Waals surface area contributed by atoms with Gasteiger partial charge in [0.15, 0.2) is 5.11 Å². The molecule has 1 aliphatic rings. The number of thiocarbonyl (C=S) groups is 1. The third-order valence-electron chi connectivity index (χ3n) is 5.00. The molecule has 0 bridgehead atoms. The maximum atomic E-state index is 12.7. The van der Waals surface area contributed by atoms with Crippen LogP contribution in [0, 0.1) is 0 Å². The largest absolute Gasteiger partial charge is 0.491 e. The molecule has 0 atom stereocenters. The number of likely N-dealkylation sites (tertiary alicyclic amines) is 1. The molecule has 2 aromatic carbocycles. The van der Waals surface area contributed by atoms with Gasteiger partial charge >= 0.3 is 0 Å². The standard InChI is InChI=1S/C24H29N3O3S/c1-17(2)30-21-13-9-18(10-14-21)22(28)26-24(31)25-20-11-7-19(8-12-20)23(29)27-15-5-3-4-6-16-27/h7-14,17H,3-6,15-16H2,1-2H3,(H2,25,26,28,31). The zero-order valence-corrected chi connectivity index (χ0v) is 18.8. The molecule has 31 heavy (non-hydrogen) atoms. The summed E-state index contributed by atoms with van der Waals surface area (Å²) in [6.07, 6.45) is 4.57. The number of nitrogens with one attached hydrogen (secondary N) is 2. The fourth-order valence-electron chi connectivity index (χ4n) is 3.45. The normalized spacial score (nSPS) is 14.0. The molecule has 0 aromatic heterocycles. The highest BCUT2D eigenvalue weighted by molar-refractivity contribution is 7.80. The summed E-state index contributed by atoms with van der Waals surface area (Å²) in [4.78, 5) is 27.0. The number of hydrogen-bond donors (Lipinski definition) is 2. The summed E-state index contributed by atoms with van der Waals surface area (Å²) >= 11 is 5.25. The third-order valence-corrected chi connectivity index (χ3v) is 5.20. The molecular weight excluding hydrogens is 410 g/mol. The maximum Gasteiger partial charge on any atom is 0.257 e. The smallest absolute Gasteiger partial charge is 0.257 e. The Morgan fingerprint density at radius 2 is 1.48 bits per heavy atom. The van der Waals surface area contributed by atoms with Gasteiger partial charge in [-0.3, -0.25) is 14.9 Å². The molecule has 2 amide bonds. The van der Waals surface area contributed by atoms with Crippen molar-refractivity contribution in [2.24, 2.45) is 0 Å². The second kappa shape index (κ2) is 10.9. The summed E-state index contributed by atoms with van der Waals surface area (Å²) in [7, 11) is 0. The quantitative estimate of drug-likeness (QED) is 0.666. The van der Waals surface area contributed by atoms with Crippen LogP contribution in [0.4, 0.5) is 5.69 Å². The monoisotopic (exact) mass is 439 g/mol. The van der Waals surface area contributed by atoms with E-state index in [-0.39, 0.29) is 23.0 Å². The first-order valence-corrected chi connectivity index (χ1v) is 11.1. The molecule has 164 valence electrons. The number of carbonyl (C=O) groups excluding carboxylic acids is 2. The number of carbonyl (C=O) groups is 2. The molecule has 2 N–H and O–H groups in total. The number of ether oxygens (including phenoxy) is 1. The number of nitrogens with zero attached hydrogens (tertiary/aromatic N) is 1. The lowest BCUT2D eigenvalue weighted by atomic mass is 10.1. The first-order valence-electron chi connectivity index (χ1n) is 10.7. The van der Waals surface area contributed by atoms with Crippen LogP contribution >= 0.6 is 12.2 Å². The number of anilines is 1. The highest BCUT2D eigenvalue weighted by atomic mass is 32.1. The van der Waals surface area contributed by atoms with Crippen molar-refractivity contribution in [2.45, 2.75) is 45.6 Å². The molecule has 1 heterocycles. The van der Waals surface area contributed by atoms with Crippen molar-refractivity contribution < 1.29 is 14.3 Å². The predicted molar refractivity (Wildman–Crippen MR) is 127 cm³/mol. The number of hydrogen-bond acceptors (Lipinski definition) is 4. The molecular formula is C24H29N3O3S. The van der Waals surface area contributed by atoms with Crippen molar-refractivity contribution in [2.75, 3.05) is 18.4 Å². The van der Waals surface area contributed by atoms with Crippen LogP contribution in [0.5, 0.6) is 5.75 Å². The van der Waals surface area contributed by atoms with Crippen LogP contribution in [0.1, 0.15) is 60.2 Å². The van der Waals surface area contributed by atoms with E-state index in [4.69, 9.17) is 17.0 Å². The zero-order chi connectivity index (χ0) is 22.2. The van der Waals surface area contributed by atoms with Crippen LogP contribution in [-0.2, 0) is 0 Å². The zero-order valence-electron chi connectivity index (χ0n) is 18.0. The Morgan fingerprint density at radius 3 is 2.06 bits per heavy atom. The van der Waals surface area contributed by atoms with Gasteiger partial charge in [0.05, 0.1) is 6.10 Å². The highest BCUT2D eigenvalue weighted by Gasteiger charge is 2.17. The summed E-state index contributed by atoms with van der Waals surface area (Å²) in [6.45, 7) is 5.53. The van der Waals surface area contributed by atoms with Crippen molar-refractivity contribution in [1.82, 2.24) is 10.2 Å². The molecule has 0 radical (unpaired) electrons. The van der Waals surface area contributed by atoms with Crippen molar-refractivity contribution in [3.8, 4) is 5.75 Å². The van der Waals surface area contributed by atoms with Crippen molar-refractivity contribution in [1.29, 1.82) is 0 Å². The summed E-state index contributed by atoms with van der Waals surface area (Å²) in [5.41, 5.74) is 1.85. The minimum Gasteiger partial charge on any atom is -0.491 e. The van der Waals surface area contributed by atoms with E-state index >= 15 is 0 Å².